The van der Waals surface area contributed by atoms with Gasteiger partial charge in [-0.05, 0) is 19.8 Å². The molecule has 0 amide bonds. The van der Waals surface area contributed by atoms with Crippen molar-refractivity contribution in [3.63, 3.8) is 0 Å². The summed E-state index contributed by atoms with van der Waals surface area (Å²) in [6.07, 6.45) is 0.981. The van der Waals surface area contributed by atoms with Crippen molar-refractivity contribution in [2.75, 3.05) is 18.9 Å². The topological polar surface area (TPSA) is 98.5 Å². The molecule has 0 heterocycles. The van der Waals surface area contributed by atoms with Gasteiger partial charge in [0, 0.05) is 6.54 Å². The zero-order chi connectivity index (χ0) is 12.6. The lowest BCUT2D eigenvalue weighted by Gasteiger charge is -2.05. The predicted molar refractivity (Wildman–Crippen MR) is 64.4 cm³/mol. The lowest BCUT2D eigenvalue weighted by atomic mass is 10.3. The highest BCUT2D eigenvalue weighted by Gasteiger charge is 2.16. The molecule has 0 fully saturated rings. The van der Waals surface area contributed by atoms with E-state index in [9.17, 15) is 13.2 Å². The molecule has 0 atom stereocenters. The van der Waals surface area contributed by atoms with Crippen molar-refractivity contribution in [2.45, 2.75) is 19.8 Å². The highest BCUT2D eigenvalue weighted by molar-refractivity contribution is 7.90. The van der Waals surface area contributed by atoms with Gasteiger partial charge in [0.05, 0.1) is 11.6 Å². The fraction of sp³-hybridized carbons (Fsp3) is 0.750. The fourth-order valence-electron chi connectivity index (χ4n) is 0.899. The molecular formula is C8H16N2O4S2. The van der Waals surface area contributed by atoms with Gasteiger partial charge in [-0.1, -0.05) is 12.2 Å². The Balaban J connectivity index is 3.87. The second-order valence-corrected chi connectivity index (χ2v) is 5.36. The molecule has 6 nitrogen and oxygen atoms in total. The smallest absolute Gasteiger partial charge is 0.322 e. The first-order valence-electron chi connectivity index (χ1n) is 4.78. The molecule has 0 bridgehead atoms. The average Bonchev–Trinajstić information content (AvgIpc) is 2.11. The number of esters is 1. The number of carbonyl (C=O) groups is 1. The van der Waals surface area contributed by atoms with E-state index in [0.29, 0.717) is 17.8 Å². The van der Waals surface area contributed by atoms with Gasteiger partial charge < -0.3 is 10.5 Å². The summed E-state index contributed by atoms with van der Waals surface area (Å²) < 4.78 is 29.4. The van der Waals surface area contributed by atoms with Crippen molar-refractivity contribution in [3.05, 3.63) is 0 Å². The Morgan fingerprint density at radius 2 is 2.12 bits per heavy atom. The summed E-state index contributed by atoms with van der Waals surface area (Å²) >= 11 is 4.63. The Morgan fingerprint density at radius 1 is 1.50 bits per heavy atom. The van der Waals surface area contributed by atoms with Crippen LogP contribution in [0.5, 0.6) is 0 Å². The SMILES string of the molecule is CCOC(=O)CS(=O)(=O)NCCCC(N)=S. The van der Waals surface area contributed by atoms with Gasteiger partial charge in [-0.3, -0.25) is 4.79 Å². The molecule has 0 aromatic rings. The molecule has 0 spiro atoms. The molecule has 0 aliphatic carbocycles. The van der Waals surface area contributed by atoms with Crippen molar-refractivity contribution in [1.82, 2.24) is 4.72 Å². The lowest BCUT2D eigenvalue weighted by Crippen LogP contribution is -2.32. The summed E-state index contributed by atoms with van der Waals surface area (Å²) in [5.74, 6) is -1.42. The maximum atomic E-state index is 11.3. The minimum absolute atomic E-state index is 0.162. The Kier molecular flexibility index (Phi) is 7.18. The van der Waals surface area contributed by atoms with Crippen LogP contribution in [-0.2, 0) is 19.6 Å². The summed E-state index contributed by atoms with van der Waals surface area (Å²) in [5, 5.41) is 0. The normalized spacial score (nSPS) is 11.1. The maximum Gasteiger partial charge on any atom is 0.322 e. The van der Waals surface area contributed by atoms with E-state index in [4.69, 9.17) is 5.73 Å². The van der Waals surface area contributed by atoms with Gasteiger partial charge in [-0.15, -0.1) is 0 Å². The molecule has 0 radical (unpaired) electrons. The summed E-state index contributed by atoms with van der Waals surface area (Å²) in [7, 11) is -3.61. The van der Waals surface area contributed by atoms with Crippen molar-refractivity contribution in [2.24, 2.45) is 5.73 Å². The van der Waals surface area contributed by atoms with E-state index < -0.39 is 21.7 Å². The van der Waals surface area contributed by atoms with Crippen LogP contribution in [0.15, 0.2) is 0 Å². The Bertz CT molecular complexity index is 340. The molecule has 0 aliphatic heterocycles. The van der Waals surface area contributed by atoms with Crippen LogP contribution in [0.1, 0.15) is 19.8 Å². The van der Waals surface area contributed by atoms with Crippen molar-refractivity contribution in [3.8, 4) is 0 Å². The minimum atomic E-state index is -3.61. The molecule has 3 N–H and O–H groups in total. The number of rotatable bonds is 8. The quantitative estimate of drug-likeness (QED) is 0.351. The highest BCUT2D eigenvalue weighted by Crippen LogP contribution is 1.91. The molecule has 0 aliphatic rings. The monoisotopic (exact) mass is 268 g/mol. The number of nitrogens with one attached hydrogen (secondary N) is 1. The molecule has 0 unspecified atom stereocenters. The number of hydrogen-bond donors (Lipinski definition) is 2. The maximum absolute atomic E-state index is 11.3. The predicted octanol–water partition coefficient (Wildman–Crippen LogP) is -0.465. The van der Waals surface area contributed by atoms with Crippen molar-refractivity contribution < 1.29 is 17.9 Å². The van der Waals surface area contributed by atoms with E-state index in [1.165, 1.54) is 0 Å². The fourth-order valence-corrected chi connectivity index (χ4v) is 1.99. The number of sulfonamides is 1. The van der Waals surface area contributed by atoms with E-state index in [0.717, 1.165) is 0 Å². The molecule has 0 rings (SSSR count). The third-order valence-corrected chi connectivity index (χ3v) is 3.00. The van der Waals surface area contributed by atoms with Gasteiger partial charge in [0.1, 0.15) is 0 Å². The second-order valence-electron chi connectivity index (χ2n) is 3.03. The third kappa shape index (κ3) is 8.57. The molecule has 0 aromatic heterocycles. The Morgan fingerprint density at radius 3 is 2.62 bits per heavy atom. The number of thiocarbonyl (C=S) groups is 1. The summed E-state index contributed by atoms with van der Waals surface area (Å²) in [6.45, 7) is 1.98. The highest BCUT2D eigenvalue weighted by atomic mass is 32.2. The number of nitrogens with two attached hydrogens (primary N) is 1. The van der Waals surface area contributed by atoms with E-state index in [2.05, 4.69) is 21.7 Å². The van der Waals surface area contributed by atoms with Crippen molar-refractivity contribution >= 4 is 33.2 Å². The molecule has 0 aromatic carbocycles. The zero-order valence-corrected chi connectivity index (χ0v) is 10.7. The van der Waals surface area contributed by atoms with E-state index in [-0.39, 0.29) is 13.2 Å². The van der Waals surface area contributed by atoms with Crippen LogP contribution in [-0.4, -0.2) is 38.3 Å². The van der Waals surface area contributed by atoms with E-state index in [1.54, 1.807) is 6.92 Å². The first-order valence-corrected chi connectivity index (χ1v) is 6.84. The third-order valence-electron chi connectivity index (χ3n) is 1.54. The van der Waals surface area contributed by atoms with Crippen LogP contribution in [0.4, 0.5) is 0 Å². The minimum Gasteiger partial charge on any atom is -0.465 e. The molecule has 0 saturated heterocycles. The standard InChI is InChI=1S/C8H16N2O4S2/c1-2-14-8(11)6-16(12,13)10-5-3-4-7(9)15/h10H,2-6H2,1H3,(H2,9,15). The molecule has 94 valence electrons. The summed E-state index contributed by atoms with van der Waals surface area (Å²) in [6, 6.07) is 0. The van der Waals surface area contributed by atoms with E-state index in [1.807, 2.05) is 0 Å². The van der Waals surface area contributed by atoms with Crippen LogP contribution < -0.4 is 10.5 Å². The first-order chi connectivity index (χ1) is 7.37. The number of carbonyl (C=O) groups excluding carboxylic acids is 1. The first kappa shape index (κ1) is 15.3. The average molecular weight is 268 g/mol. The van der Waals surface area contributed by atoms with Crippen LogP contribution in [0.2, 0.25) is 0 Å². The van der Waals surface area contributed by atoms with Crippen LogP contribution in [0, 0.1) is 0 Å². The van der Waals surface area contributed by atoms with Crippen LogP contribution >= 0.6 is 12.2 Å². The molecule has 0 saturated carbocycles. The van der Waals surface area contributed by atoms with Crippen LogP contribution in [0.25, 0.3) is 0 Å². The van der Waals surface area contributed by atoms with E-state index >= 15 is 0 Å². The van der Waals surface area contributed by atoms with Gasteiger partial charge in [0.25, 0.3) is 0 Å². The zero-order valence-electron chi connectivity index (χ0n) is 9.06. The lowest BCUT2D eigenvalue weighted by molar-refractivity contribution is -0.139. The Hall–Kier alpha value is -0.730. The number of ether oxygens (including phenoxy) is 1. The molecule has 8 heteroatoms. The molecular weight excluding hydrogens is 252 g/mol. The molecule has 16 heavy (non-hydrogen) atoms. The van der Waals surface area contributed by atoms with Gasteiger partial charge in [0.15, 0.2) is 5.75 Å². The van der Waals surface area contributed by atoms with Gasteiger partial charge >= 0.3 is 5.97 Å². The van der Waals surface area contributed by atoms with Crippen LogP contribution in [0.3, 0.4) is 0 Å². The largest absolute Gasteiger partial charge is 0.465 e. The Labute approximate surface area is 101 Å². The van der Waals surface area contributed by atoms with Gasteiger partial charge in [-0.2, -0.15) is 0 Å². The summed E-state index contributed by atoms with van der Waals surface area (Å²) in [4.78, 5) is 11.3. The van der Waals surface area contributed by atoms with Crippen molar-refractivity contribution in [1.29, 1.82) is 0 Å². The second kappa shape index (κ2) is 7.53. The number of hydrogen-bond acceptors (Lipinski definition) is 5. The van der Waals surface area contributed by atoms with Gasteiger partial charge in [0.2, 0.25) is 10.0 Å². The summed E-state index contributed by atoms with van der Waals surface area (Å²) in [5.41, 5.74) is 5.24. The van der Waals surface area contributed by atoms with Gasteiger partial charge in [-0.25, -0.2) is 13.1 Å².